The first-order valence-corrected chi connectivity index (χ1v) is 8.71. The Morgan fingerprint density at radius 2 is 2.35 bits per heavy atom. The third-order valence-electron chi connectivity index (χ3n) is 6.39. The van der Waals surface area contributed by atoms with Crippen molar-refractivity contribution in [1.82, 2.24) is 5.32 Å². The summed E-state index contributed by atoms with van der Waals surface area (Å²) >= 11 is 0. The van der Waals surface area contributed by atoms with Crippen molar-refractivity contribution in [3.8, 4) is 0 Å². The van der Waals surface area contributed by atoms with Crippen LogP contribution in [0.2, 0.25) is 0 Å². The molecule has 1 saturated heterocycles. The molecular weight excluding hydrogens is 288 g/mol. The normalized spacial score (nSPS) is 40.9. The lowest BCUT2D eigenvalue weighted by Gasteiger charge is -2.57. The van der Waals surface area contributed by atoms with Gasteiger partial charge in [0, 0.05) is 26.0 Å². The van der Waals surface area contributed by atoms with E-state index in [-0.39, 0.29) is 17.6 Å². The number of nitrogens with zero attached hydrogens (tertiary/aromatic N) is 1. The molecule has 0 radical (unpaired) electrons. The number of fused-ring (bicyclic) bond motifs is 2. The van der Waals surface area contributed by atoms with Gasteiger partial charge in [0.15, 0.2) is 0 Å². The molecule has 0 aromatic rings. The van der Waals surface area contributed by atoms with Gasteiger partial charge in [-0.15, -0.1) is 0 Å². The summed E-state index contributed by atoms with van der Waals surface area (Å²) in [6, 6.07) is 0.310. The summed E-state index contributed by atoms with van der Waals surface area (Å²) in [7, 11) is 1.85. The van der Waals surface area contributed by atoms with Gasteiger partial charge >= 0.3 is 0 Å². The smallest absolute Gasteiger partial charge is 0.106 e. The van der Waals surface area contributed by atoms with Crippen LogP contribution in [0.4, 0.5) is 0 Å². The van der Waals surface area contributed by atoms with Gasteiger partial charge in [-0.1, -0.05) is 12.2 Å². The molecule has 0 spiro atoms. The van der Waals surface area contributed by atoms with Crippen molar-refractivity contribution >= 4 is 5.71 Å². The zero-order valence-corrected chi connectivity index (χ0v) is 14.0. The number of hydrogen-bond donors (Lipinski definition) is 2. The van der Waals surface area contributed by atoms with E-state index in [9.17, 15) is 0 Å². The van der Waals surface area contributed by atoms with E-state index in [1.807, 2.05) is 7.11 Å². The zero-order valence-electron chi connectivity index (χ0n) is 14.0. The van der Waals surface area contributed by atoms with E-state index in [4.69, 9.17) is 9.84 Å². The fourth-order valence-electron chi connectivity index (χ4n) is 5.11. The second-order valence-electron chi connectivity index (χ2n) is 7.43. The average Bonchev–Trinajstić information content (AvgIpc) is 2.90. The standard InChI is InChI=1S/C19H26N2O2/c1-18-14-9-17-19(23-2,10-13(11-20-17)5-4-8-22)15(18)6-3-7-16(18)21-12-14/h3,6-7,12-13,17,20,22H,4-5,8-11H2,1-2H3/t13-,17-,18?,19+/m1/s1. The number of methoxy groups -OCH3 is 1. The number of nitrogens with one attached hydrogen (secondary N) is 1. The summed E-state index contributed by atoms with van der Waals surface area (Å²) in [6.45, 7) is 3.58. The van der Waals surface area contributed by atoms with Crippen molar-refractivity contribution in [2.75, 3.05) is 20.3 Å². The number of hydrogen-bond acceptors (Lipinski definition) is 4. The van der Waals surface area contributed by atoms with Gasteiger partial charge in [0.05, 0.1) is 11.1 Å². The van der Waals surface area contributed by atoms with Crippen LogP contribution in [0.1, 0.15) is 32.6 Å². The van der Waals surface area contributed by atoms with Crippen molar-refractivity contribution in [2.24, 2.45) is 16.3 Å². The van der Waals surface area contributed by atoms with E-state index >= 15 is 0 Å². The van der Waals surface area contributed by atoms with Crippen LogP contribution in [0.25, 0.3) is 0 Å². The highest BCUT2D eigenvalue weighted by Gasteiger charge is 2.59. The molecule has 4 atom stereocenters. The molecule has 1 unspecified atom stereocenters. The molecule has 4 heteroatoms. The molecule has 124 valence electrons. The maximum Gasteiger partial charge on any atom is 0.106 e. The minimum Gasteiger partial charge on any atom is -0.396 e. The van der Waals surface area contributed by atoms with Crippen molar-refractivity contribution < 1.29 is 9.84 Å². The van der Waals surface area contributed by atoms with Gasteiger partial charge < -0.3 is 15.2 Å². The fraction of sp³-hybridized carbons (Fsp3) is 0.632. The van der Waals surface area contributed by atoms with Crippen LogP contribution in [-0.2, 0) is 4.74 Å². The van der Waals surface area contributed by atoms with Crippen LogP contribution < -0.4 is 5.32 Å². The molecule has 1 saturated carbocycles. The molecule has 2 fully saturated rings. The first kappa shape index (κ1) is 15.3. The Kier molecular flexibility index (Phi) is 3.59. The molecule has 23 heavy (non-hydrogen) atoms. The van der Waals surface area contributed by atoms with Crippen molar-refractivity contribution in [1.29, 1.82) is 0 Å². The lowest BCUT2D eigenvalue weighted by molar-refractivity contribution is -0.0644. The van der Waals surface area contributed by atoms with Gasteiger partial charge in [0.2, 0.25) is 0 Å². The lowest BCUT2D eigenvalue weighted by Crippen LogP contribution is -2.65. The van der Waals surface area contributed by atoms with E-state index in [0.29, 0.717) is 12.0 Å². The molecule has 2 aliphatic carbocycles. The highest BCUT2D eigenvalue weighted by atomic mass is 16.5. The van der Waals surface area contributed by atoms with Gasteiger partial charge in [0.1, 0.15) is 5.60 Å². The summed E-state index contributed by atoms with van der Waals surface area (Å²) in [6.07, 6.45) is 12.5. The summed E-state index contributed by atoms with van der Waals surface area (Å²) in [4.78, 5) is 4.67. The molecule has 4 rings (SSSR count). The van der Waals surface area contributed by atoms with Gasteiger partial charge in [-0.25, -0.2) is 0 Å². The largest absolute Gasteiger partial charge is 0.396 e. The van der Waals surface area contributed by atoms with Crippen molar-refractivity contribution in [3.63, 3.8) is 0 Å². The van der Waals surface area contributed by atoms with Crippen molar-refractivity contribution in [2.45, 2.75) is 44.2 Å². The molecule has 0 bridgehead atoms. The van der Waals surface area contributed by atoms with Crippen LogP contribution in [0.3, 0.4) is 0 Å². The average molecular weight is 314 g/mol. The van der Waals surface area contributed by atoms with Gasteiger partial charge in [-0.2, -0.15) is 0 Å². The first-order valence-electron chi connectivity index (χ1n) is 8.71. The maximum absolute atomic E-state index is 9.16. The molecule has 4 nitrogen and oxygen atoms in total. The van der Waals surface area contributed by atoms with E-state index in [1.54, 1.807) is 0 Å². The minimum atomic E-state index is -0.264. The molecule has 4 aliphatic rings. The Labute approximate surface area is 138 Å². The summed E-state index contributed by atoms with van der Waals surface area (Å²) < 4.78 is 6.24. The summed E-state index contributed by atoms with van der Waals surface area (Å²) in [5.74, 6) is 0.543. The van der Waals surface area contributed by atoms with Crippen LogP contribution in [-0.4, -0.2) is 42.7 Å². The number of ether oxygens (including phenoxy) is 1. The number of aliphatic hydroxyl groups is 1. The molecular formula is C19H26N2O2. The fourth-order valence-corrected chi connectivity index (χ4v) is 5.11. The van der Waals surface area contributed by atoms with Crippen LogP contribution in [0.15, 0.2) is 40.6 Å². The Morgan fingerprint density at radius 3 is 3.13 bits per heavy atom. The predicted molar refractivity (Wildman–Crippen MR) is 91.4 cm³/mol. The molecule has 0 aromatic carbocycles. The second kappa shape index (κ2) is 5.40. The minimum absolute atomic E-state index is 0.0954. The molecule has 0 amide bonds. The Balaban J connectivity index is 1.74. The lowest BCUT2D eigenvalue weighted by atomic mass is 9.55. The van der Waals surface area contributed by atoms with E-state index in [0.717, 1.165) is 37.9 Å². The van der Waals surface area contributed by atoms with Gasteiger partial charge in [0.25, 0.3) is 0 Å². The SMILES string of the molecule is CO[C@]12C[C@@H](CCCO)CN[C@@H]1CC1=CN=C3C=CC=C2C13C. The van der Waals surface area contributed by atoms with Crippen LogP contribution in [0.5, 0.6) is 0 Å². The predicted octanol–water partition coefficient (Wildman–Crippen LogP) is 2.37. The summed E-state index contributed by atoms with van der Waals surface area (Å²) in [5.41, 5.74) is 3.55. The summed E-state index contributed by atoms with van der Waals surface area (Å²) in [5, 5.41) is 12.9. The second-order valence-corrected chi connectivity index (χ2v) is 7.43. The number of rotatable bonds is 4. The maximum atomic E-state index is 9.16. The van der Waals surface area contributed by atoms with E-state index in [2.05, 4.69) is 41.7 Å². The van der Waals surface area contributed by atoms with Crippen LogP contribution in [0, 0.1) is 11.3 Å². The molecule has 2 aliphatic heterocycles. The third kappa shape index (κ3) is 1.98. The van der Waals surface area contributed by atoms with Crippen molar-refractivity contribution in [3.05, 3.63) is 35.6 Å². The Hall–Kier alpha value is -1.23. The van der Waals surface area contributed by atoms with Gasteiger partial charge in [-0.3, -0.25) is 4.99 Å². The molecule has 2 heterocycles. The van der Waals surface area contributed by atoms with Crippen LogP contribution >= 0.6 is 0 Å². The Morgan fingerprint density at radius 1 is 1.48 bits per heavy atom. The highest BCUT2D eigenvalue weighted by Crippen LogP contribution is 2.57. The number of piperidine rings is 1. The highest BCUT2D eigenvalue weighted by molar-refractivity contribution is 6.07. The quantitative estimate of drug-likeness (QED) is 0.837. The number of aliphatic hydroxyl groups excluding tert-OH is 1. The monoisotopic (exact) mass is 314 g/mol. The number of aliphatic imine (C=N–C) groups is 1. The molecule has 0 aromatic heterocycles. The Bertz CT molecular complexity index is 633. The molecule has 2 N–H and O–H groups in total. The van der Waals surface area contributed by atoms with E-state index in [1.165, 1.54) is 11.1 Å². The number of allylic oxidation sites excluding steroid dienone is 3. The van der Waals surface area contributed by atoms with Gasteiger partial charge in [-0.05, 0) is 62.3 Å². The van der Waals surface area contributed by atoms with E-state index < -0.39 is 0 Å². The topological polar surface area (TPSA) is 53.9 Å². The third-order valence-corrected chi connectivity index (χ3v) is 6.39. The zero-order chi connectivity index (χ0) is 16.1. The first-order chi connectivity index (χ1) is 11.1.